The number of anilines is 1. The lowest BCUT2D eigenvalue weighted by atomic mass is 10.1. The third-order valence-electron chi connectivity index (χ3n) is 3.56. The highest BCUT2D eigenvalue weighted by molar-refractivity contribution is 9.10. The van der Waals surface area contributed by atoms with E-state index >= 15 is 0 Å². The average Bonchev–Trinajstić information content (AvgIpc) is 2.82. The van der Waals surface area contributed by atoms with Gasteiger partial charge in [0, 0.05) is 29.8 Å². The molecule has 1 aromatic rings. The molecule has 17 heavy (non-hydrogen) atoms. The summed E-state index contributed by atoms with van der Waals surface area (Å²) in [4.78, 5) is 2.36. The molecule has 0 saturated carbocycles. The summed E-state index contributed by atoms with van der Waals surface area (Å²) in [5.41, 5.74) is 2.67. The van der Waals surface area contributed by atoms with E-state index in [1.807, 2.05) is 0 Å². The van der Waals surface area contributed by atoms with Crippen molar-refractivity contribution in [2.45, 2.75) is 32.2 Å². The molecule has 0 spiro atoms. The summed E-state index contributed by atoms with van der Waals surface area (Å²) in [6.45, 7) is 4.49. The van der Waals surface area contributed by atoms with Gasteiger partial charge in [0.05, 0.1) is 0 Å². The van der Waals surface area contributed by atoms with Crippen LogP contribution in [0.25, 0.3) is 0 Å². The number of hydrogen-bond acceptors (Lipinski definition) is 2. The Morgan fingerprint density at radius 3 is 3.00 bits per heavy atom. The molecule has 0 bridgehead atoms. The Labute approximate surface area is 113 Å². The van der Waals surface area contributed by atoms with E-state index in [9.17, 15) is 0 Å². The lowest BCUT2D eigenvalue weighted by Gasteiger charge is -2.23. The van der Waals surface area contributed by atoms with Gasteiger partial charge in [-0.25, -0.2) is 0 Å². The smallest absolute Gasteiger partial charge is 0.0404 e. The van der Waals surface area contributed by atoms with Gasteiger partial charge in [-0.1, -0.05) is 22.0 Å². The summed E-state index contributed by atoms with van der Waals surface area (Å²) in [7, 11) is 2.18. The average molecular weight is 297 g/mol. The van der Waals surface area contributed by atoms with Gasteiger partial charge in [-0.15, -0.1) is 0 Å². The first kappa shape index (κ1) is 12.9. The summed E-state index contributed by atoms with van der Waals surface area (Å²) >= 11 is 3.54. The van der Waals surface area contributed by atoms with Gasteiger partial charge in [-0.3, -0.25) is 0 Å². The van der Waals surface area contributed by atoms with Crippen LogP contribution in [0.3, 0.4) is 0 Å². The highest BCUT2D eigenvalue weighted by Gasteiger charge is 2.14. The zero-order chi connectivity index (χ0) is 12.3. The van der Waals surface area contributed by atoms with Gasteiger partial charge in [-0.2, -0.15) is 0 Å². The normalized spacial score (nSPS) is 19.6. The minimum Gasteiger partial charge on any atom is -0.374 e. The molecule has 0 aromatic heterocycles. The fourth-order valence-electron chi connectivity index (χ4n) is 2.47. The fourth-order valence-corrected chi connectivity index (χ4v) is 2.82. The van der Waals surface area contributed by atoms with Crippen LogP contribution in [0, 0.1) is 6.92 Å². The predicted octanol–water partition coefficient (Wildman–Crippen LogP) is 3.34. The molecule has 0 aliphatic carbocycles. The van der Waals surface area contributed by atoms with Gasteiger partial charge >= 0.3 is 0 Å². The van der Waals surface area contributed by atoms with Gasteiger partial charge in [0.15, 0.2) is 0 Å². The van der Waals surface area contributed by atoms with Crippen LogP contribution < -0.4 is 10.2 Å². The quantitative estimate of drug-likeness (QED) is 0.917. The first-order chi connectivity index (χ1) is 8.16. The maximum atomic E-state index is 3.55. The van der Waals surface area contributed by atoms with Crippen molar-refractivity contribution >= 4 is 21.6 Å². The molecule has 1 fully saturated rings. The number of nitrogens with one attached hydrogen (secondary N) is 1. The van der Waals surface area contributed by atoms with E-state index in [2.05, 4.69) is 58.3 Å². The Morgan fingerprint density at radius 2 is 2.29 bits per heavy atom. The second-order valence-electron chi connectivity index (χ2n) is 4.93. The second kappa shape index (κ2) is 5.87. The van der Waals surface area contributed by atoms with E-state index in [1.54, 1.807) is 0 Å². The molecule has 1 aliphatic heterocycles. The molecule has 0 radical (unpaired) electrons. The maximum Gasteiger partial charge on any atom is 0.0404 e. The molecule has 1 heterocycles. The number of aryl methyl sites for hydroxylation is 1. The van der Waals surface area contributed by atoms with Gasteiger partial charge < -0.3 is 10.2 Å². The number of hydrogen-bond donors (Lipinski definition) is 1. The molecular formula is C14H21BrN2. The third kappa shape index (κ3) is 3.46. The van der Waals surface area contributed by atoms with Crippen LogP contribution in [0.2, 0.25) is 0 Å². The minimum atomic E-state index is 0.727. The first-order valence-corrected chi connectivity index (χ1v) is 7.17. The summed E-state index contributed by atoms with van der Waals surface area (Å²) in [6.07, 6.45) is 3.91. The molecule has 2 rings (SSSR count). The van der Waals surface area contributed by atoms with E-state index in [4.69, 9.17) is 0 Å². The molecule has 1 aromatic carbocycles. The SMILES string of the molecule is Cc1ccc(Br)cc1N(C)CCC1CCCN1. The van der Waals surface area contributed by atoms with Gasteiger partial charge in [0.2, 0.25) is 0 Å². The monoisotopic (exact) mass is 296 g/mol. The Bertz CT molecular complexity index is 372. The molecule has 94 valence electrons. The van der Waals surface area contributed by atoms with Crippen LogP contribution in [-0.2, 0) is 0 Å². The third-order valence-corrected chi connectivity index (χ3v) is 4.05. The fraction of sp³-hybridized carbons (Fsp3) is 0.571. The molecule has 1 unspecified atom stereocenters. The largest absolute Gasteiger partial charge is 0.374 e. The number of halogens is 1. The van der Waals surface area contributed by atoms with E-state index in [-0.39, 0.29) is 0 Å². The number of rotatable bonds is 4. The van der Waals surface area contributed by atoms with E-state index in [0.717, 1.165) is 17.1 Å². The van der Waals surface area contributed by atoms with Crippen molar-refractivity contribution in [3.63, 3.8) is 0 Å². The molecule has 1 N–H and O–H groups in total. The maximum absolute atomic E-state index is 3.55. The number of benzene rings is 1. The van der Waals surface area contributed by atoms with E-state index in [0.29, 0.717) is 0 Å². The van der Waals surface area contributed by atoms with Crippen LogP contribution >= 0.6 is 15.9 Å². The molecule has 2 nitrogen and oxygen atoms in total. The van der Waals surface area contributed by atoms with Crippen LogP contribution in [0.5, 0.6) is 0 Å². The van der Waals surface area contributed by atoms with Gasteiger partial charge in [0.25, 0.3) is 0 Å². The summed E-state index contributed by atoms with van der Waals surface area (Å²) < 4.78 is 1.16. The van der Waals surface area contributed by atoms with Crippen molar-refractivity contribution in [3.05, 3.63) is 28.2 Å². The highest BCUT2D eigenvalue weighted by atomic mass is 79.9. The van der Waals surface area contributed by atoms with Crippen molar-refractivity contribution in [2.75, 3.05) is 25.0 Å². The van der Waals surface area contributed by atoms with Crippen molar-refractivity contribution in [2.24, 2.45) is 0 Å². The number of nitrogens with zero attached hydrogens (tertiary/aromatic N) is 1. The Morgan fingerprint density at radius 1 is 1.47 bits per heavy atom. The molecule has 3 heteroatoms. The lowest BCUT2D eigenvalue weighted by Crippen LogP contribution is -2.28. The zero-order valence-electron chi connectivity index (χ0n) is 10.7. The standard InChI is InChI=1S/C14H21BrN2/c1-11-5-6-12(15)10-14(11)17(2)9-7-13-4-3-8-16-13/h5-6,10,13,16H,3-4,7-9H2,1-2H3. The van der Waals surface area contributed by atoms with E-state index in [1.165, 1.54) is 37.1 Å². The van der Waals surface area contributed by atoms with Crippen molar-refractivity contribution in [1.29, 1.82) is 0 Å². The Hall–Kier alpha value is -0.540. The van der Waals surface area contributed by atoms with Gasteiger partial charge in [-0.05, 0) is 50.4 Å². The Balaban J connectivity index is 1.93. The van der Waals surface area contributed by atoms with Gasteiger partial charge in [0.1, 0.15) is 0 Å². The van der Waals surface area contributed by atoms with Crippen molar-refractivity contribution in [3.8, 4) is 0 Å². The summed E-state index contributed by atoms with van der Waals surface area (Å²) in [5, 5.41) is 3.55. The second-order valence-corrected chi connectivity index (χ2v) is 5.85. The molecule has 1 aliphatic rings. The van der Waals surface area contributed by atoms with Crippen LogP contribution in [0.15, 0.2) is 22.7 Å². The summed E-state index contributed by atoms with van der Waals surface area (Å²) in [5.74, 6) is 0. The zero-order valence-corrected chi connectivity index (χ0v) is 12.3. The predicted molar refractivity (Wildman–Crippen MR) is 77.8 cm³/mol. The van der Waals surface area contributed by atoms with Crippen LogP contribution in [0.4, 0.5) is 5.69 Å². The summed E-state index contributed by atoms with van der Waals surface area (Å²) in [6, 6.07) is 7.21. The van der Waals surface area contributed by atoms with E-state index < -0.39 is 0 Å². The van der Waals surface area contributed by atoms with Crippen molar-refractivity contribution < 1.29 is 0 Å². The Kier molecular flexibility index (Phi) is 4.46. The molecule has 1 saturated heterocycles. The highest BCUT2D eigenvalue weighted by Crippen LogP contribution is 2.24. The van der Waals surface area contributed by atoms with Crippen LogP contribution in [0.1, 0.15) is 24.8 Å². The molecular weight excluding hydrogens is 276 g/mol. The van der Waals surface area contributed by atoms with Crippen molar-refractivity contribution in [1.82, 2.24) is 5.32 Å². The van der Waals surface area contributed by atoms with Crippen LogP contribution in [-0.4, -0.2) is 26.2 Å². The molecule has 0 amide bonds. The molecule has 1 atom stereocenters. The topological polar surface area (TPSA) is 15.3 Å². The first-order valence-electron chi connectivity index (χ1n) is 6.37. The lowest BCUT2D eigenvalue weighted by molar-refractivity contribution is 0.559. The minimum absolute atomic E-state index is 0.727.